The predicted octanol–water partition coefficient (Wildman–Crippen LogP) is 4.00. The highest BCUT2D eigenvalue weighted by Gasteiger charge is 1.90. The molecule has 1 nitrogen and oxygen atoms in total. The van der Waals surface area contributed by atoms with Gasteiger partial charge in [0.15, 0.2) is 6.29 Å². The minimum atomic E-state index is 0.591. The van der Waals surface area contributed by atoms with Crippen LogP contribution in [-0.2, 0) is 11.2 Å². The molecule has 0 N–H and O–H groups in total. The van der Waals surface area contributed by atoms with Gasteiger partial charge in [-0.05, 0) is 54.3 Å². The highest BCUT2D eigenvalue weighted by molar-refractivity contribution is 5.74. The third kappa shape index (κ3) is 5.53. The van der Waals surface area contributed by atoms with Crippen LogP contribution in [-0.4, -0.2) is 6.29 Å². The lowest BCUT2D eigenvalue weighted by Crippen LogP contribution is -1.81. The number of rotatable bonds is 1. The fourth-order valence-electron chi connectivity index (χ4n) is 1.72. The SMILES string of the molecule is C=C.CCc1ccc(C#Cc2ccc(C#CC=O)cc2)cc1. The van der Waals surface area contributed by atoms with Crippen LogP contribution in [0.5, 0.6) is 0 Å². The zero-order chi connectivity index (χ0) is 16.2. The predicted molar refractivity (Wildman–Crippen MR) is 92.4 cm³/mol. The summed E-state index contributed by atoms with van der Waals surface area (Å²) in [5.74, 6) is 11.4. The smallest absolute Gasteiger partial charge is 0.193 e. The van der Waals surface area contributed by atoms with Gasteiger partial charge in [0.25, 0.3) is 0 Å². The molecule has 0 saturated carbocycles. The molecule has 108 valence electrons. The number of aryl methyl sites for hydroxylation is 1. The van der Waals surface area contributed by atoms with E-state index in [1.54, 1.807) is 0 Å². The number of hydrogen-bond donors (Lipinski definition) is 0. The lowest BCUT2D eigenvalue weighted by Gasteiger charge is -1.95. The first kappa shape index (κ1) is 17.0. The van der Waals surface area contributed by atoms with Gasteiger partial charge in [0.05, 0.1) is 0 Å². The third-order valence-corrected chi connectivity index (χ3v) is 2.87. The van der Waals surface area contributed by atoms with E-state index < -0.39 is 0 Å². The Kier molecular flexibility index (Phi) is 7.59. The van der Waals surface area contributed by atoms with Gasteiger partial charge >= 0.3 is 0 Å². The fraction of sp³-hybridized carbons (Fsp3) is 0.0952. The molecule has 0 spiro atoms. The molecule has 2 rings (SSSR count). The molecule has 0 aliphatic heterocycles. The number of hydrogen-bond acceptors (Lipinski definition) is 1. The zero-order valence-electron chi connectivity index (χ0n) is 12.7. The Bertz CT molecular complexity index is 714. The number of carbonyl (C=O) groups excluding carboxylic acids is 1. The van der Waals surface area contributed by atoms with E-state index >= 15 is 0 Å². The van der Waals surface area contributed by atoms with E-state index in [1.807, 2.05) is 36.4 Å². The molecule has 0 amide bonds. The number of carbonyl (C=O) groups is 1. The normalized spacial score (nSPS) is 8.23. The topological polar surface area (TPSA) is 17.1 Å². The average Bonchev–Trinajstić information content (AvgIpc) is 2.61. The van der Waals surface area contributed by atoms with Crippen molar-refractivity contribution >= 4 is 6.29 Å². The van der Waals surface area contributed by atoms with Gasteiger partial charge in [0.1, 0.15) is 0 Å². The van der Waals surface area contributed by atoms with E-state index in [2.05, 4.69) is 55.9 Å². The number of aldehydes is 1. The molecule has 22 heavy (non-hydrogen) atoms. The van der Waals surface area contributed by atoms with Crippen molar-refractivity contribution in [2.45, 2.75) is 13.3 Å². The van der Waals surface area contributed by atoms with Crippen molar-refractivity contribution in [2.24, 2.45) is 0 Å². The Morgan fingerprint density at radius 2 is 1.23 bits per heavy atom. The van der Waals surface area contributed by atoms with Crippen molar-refractivity contribution in [1.29, 1.82) is 0 Å². The minimum absolute atomic E-state index is 0.591. The summed E-state index contributed by atoms with van der Waals surface area (Å²) in [6.07, 6.45) is 1.63. The maximum Gasteiger partial charge on any atom is 0.193 e. The van der Waals surface area contributed by atoms with Gasteiger partial charge in [-0.2, -0.15) is 0 Å². The first-order chi connectivity index (χ1) is 10.8. The van der Waals surface area contributed by atoms with E-state index in [1.165, 1.54) is 5.56 Å². The van der Waals surface area contributed by atoms with Crippen LogP contribution >= 0.6 is 0 Å². The van der Waals surface area contributed by atoms with E-state index in [9.17, 15) is 4.79 Å². The summed E-state index contributed by atoms with van der Waals surface area (Å²) >= 11 is 0. The molecule has 0 aliphatic rings. The van der Waals surface area contributed by atoms with E-state index in [0.29, 0.717) is 6.29 Å². The van der Waals surface area contributed by atoms with Gasteiger partial charge in [-0.3, -0.25) is 4.79 Å². The summed E-state index contributed by atoms with van der Waals surface area (Å²) in [6, 6.07) is 15.8. The van der Waals surface area contributed by atoms with Crippen LogP contribution in [0.3, 0.4) is 0 Å². The Morgan fingerprint density at radius 1 is 0.818 bits per heavy atom. The molecular weight excluding hydrogens is 268 g/mol. The molecular formula is C21H18O. The molecule has 2 aromatic rings. The summed E-state index contributed by atoms with van der Waals surface area (Å²) in [4.78, 5) is 10.2. The second-order valence-corrected chi connectivity index (χ2v) is 4.27. The molecule has 0 aliphatic carbocycles. The molecule has 0 radical (unpaired) electrons. The van der Waals surface area contributed by atoms with Crippen LogP contribution < -0.4 is 0 Å². The van der Waals surface area contributed by atoms with Crippen LogP contribution in [0.4, 0.5) is 0 Å². The minimum Gasteiger partial charge on any atom is -0.289 e. The second-order valence-electron chi connectivity index (χ2n) is 4.27. The average molecular weight is 286 g/mol. The van der Waals surface area contributed by atoms with E-state index in [4.69, 9.17) is 0 Å². The summed E-state index contributed by atoms with van der Waals surface area (Å²) in [5, 5.41) is 0. The molecule has 0 heterocycles. The van der Waals surface area contributed by atoms with Crippen molar-refractivity contribution in [3.63, 3.8) is 0 Å². The van der Waals surface area contributed by atoms with Crippen molar-refractivity contribution in [3.05, 3.63) is 83.9 Å². The van der Waals surface area contributed by atoms with E-state index in [0.717, 1.165) is 23.1 Å². The molecule has 0 atom stereocenters. The Morgan fingerprint density at radius 3 is 1.64 bits per heavy atom. The molecule has 0 unspecified atom stereocenters. The quantitative estimate of drug-likeness (QED) is 0.440. The molecule has 0 bridgehead atoms. The summed E-state index contributed by atoms with van der Waals surface area (Å²) in [6.45, 7) is 8.13. The van der Waals surface area contributed by atoms with Gasteiger partial charge in [-0.15, -0.1) is 13.2 Å². The highest BCUT2D eigenvalue weighted by atomic mass is 16.1. The van der Waals surface area contributed by atoms with Gasteiger partial charge < -0.3 is 0 Å². The lowest BCUT2D eigenvalue weighted by molar-refractivity contribution is -0.103. The Hall–Kier alpha value is -3.03. The van der Waals surface area contributed by atoms with Gasteiger partial charge in [-0.1, -0.05) is 36.8 Å². The summed E-state index contributed by atoms with van der Waals surface area (Å²) in [5.41, 5.74) is 4.07. The molecule has 0 aromatic heterocycles. The van der Waals surface area contributed by atoms with Crippen LogP contribution in [0.15, 0.2) is 61.7 Å². The molecule has 0 fully saturated rings. The maximum absolute atomic E-state index is 10.2. The van der Waals surface area contributed by atoms with Crippen LogP contribution in [0.2, 0.25) is 0 Å². The van der Waals surface area contributed by atoms with Crippen molar-refractivity contribution < 1.29 is 4.79 Å². The number of benzene rings is 2. The lowest BCUT2D eigenvalue weighted by atomic mass is 10.1. The van der Waals surface area contributed by atoms with Gasteiger partial charge in [-0.25, -0.2) is 0 Å². The van der Waals surface area contributed by atoms with Crippen molar-refractivity contribution in [1.82, 2.24) is 0 Å². The second kappa shape index (κ2) is 9.81. The highest BCUT2D eigenvalue weighted by Crippen LogP contribution is 2.05. The first-order valence-corrected chi connectivity index (χ1v) is 6.98. The van der Waals surface area contributed by atoms with Crippen molar-refractivity contribution in [2.75, 3.05) is 0 Å². The summed E-state index contributed by atoms with van der Waals surface area (Å²) in [7, 11) is 0. The molecule has 1 heteroatoms. The standard InChI is InChI=1S/C19H14O.C2H4/c1-2-16-5-7-18(8-6-16)13-14-19-11-9-17(10-12-19)4-3-15-20;1-2/h5-12,15H,2H2,1H3;1-2H2. The monoisotopic (exact) mass is 286 g/mol. The van der Waals surface area contributed by atoms with Crippen LogP contribution in [0.25, 0.3) is 0 Å². The van der Waals surface area contributed by atoms with Gasteiger partial charge in [0, 0.05) is 16.7 Å². The van der Waals surface area contributed by atoms with Crippen LogP contribution in [0, 0.1) is 23.7 Å². The third-order valence-electron chi connectivity index (χ3n) is 2.87. The maximum atomic E-state index is 10.2. The zero-order valence-corrected chi connectivity index (χ0v) is 12.7. The first-order valence-electron chi connectivity index (χ1n) is 6.98. The molecule has 0 saturated heterocycles. The van der Waals surface area contributed by atoms with E-state index in [-0.39, 0.29) is 0 Å². The fourth-order valence-corrected chi connectivity index (χ4v) is 1.72. The largest absolute Gasteiger partial charge is 0.289 e. The Labute approximate surface area is 132 Å². The Balaban J connectivity index is 0.00000116. The molecule has 2 aromatic carbocycles. The summed E-state index contributed by atoms with van der Waals surface area (Å²) < 4.78 is 0. The van der Waals surface area contributed by atoms with Gasteiger partial charge in [0.2, 0.25) is 0 Å². The van der Waals surface area contributed by atoms with Crippen molar-refractivity contribution in [3.8, 4) is 23.7 Å². The van der Waals surface area contributed by atoms with Crippen LogP contribution in [0.1, 0.15) is 29.2 Å².